The van der Waals surface area contributed by atoms with Gasteiger partial charge in [-0.25, -0.2) is 9.18 Å². The third kappa shape index (κ3) is 2.16. The standard InChI is InChI=1S/C12H10ClFN2O4/c1-16-7(4-6(15-16)12(18)19)9-10(14)5(13)3-8(20-2)11(9)17/h3-4,17H,1-2H3,(H,18,19). The number of halogens is 2. The first-order chi connectivity index (χ1) is 9.36. The van der Waals surface area contributed by atoms with Crippen molar-refractivity contribution >= 4 is 17.6 Å². The Kier molecular flexibility index (Phi) is 3.54. The molecule has 2 N–H and O–H groups in total. The third-order valence-corrected chi connectivity index (χ3v) is 3.01. The lowest BCUT2D eigenvalue weighted by atomic mass is 10.1. The summed E-state index contributed by atoms with van der Waals surface area (Å²) in [5.41, 5.74) is -0.477. The Balaban J connectivity index is 2.75. The Hall–Kier alpha value is -2.28. The maximum absolute atomic E-state index is 14.1. The molecule has 1 heterocycles. The molecule has 0 radical (unpaired) electrons. The van der Waals surface area contributed by atoms with Gasteiger partial charge in [0.2, 0.25) is 0 Å². The molecule has 0 aliphatic rings. The first kappa shape index (κ1) is 14.1. The van der Waals surface area contributed by atoms with Gasteiger partial charge in [-0.3, -0.25) is 4.68 Å². The zero-order chi connectivity index (χ0) is 15.0. The van der Waals surface area contributed by atoms with Crippen LogP contribution in [0.4, 0.5) is 4.39 Å². The van der Waals surface area contributed by atoms with Gasteiger partial charge in [-0.05, 0) is 6.07 Å². The van der Waals surface area contributed by atoms with Crippen molar-refractivity contribution < 1.29 is 24.1 Å². The molecule has 0 saturated carbocycles. The van der Waals surface area contributed by atoms with Crippen LogP contribution in [0.1, 0.15) is 10.5 Å². The largest absolute Gasteiger partial charge is 0.504 e. The number of rotatable bonds is 3. The van der Waals surface area contributed by atoms with Crippen LogP contribution in [0.25, 0.3) is 11.3 Å². The van der Waals surface area contributed by atoms with Crippen molar-refractivity contribution in [1.82, 2.24) is 9.78 Å². The molecule has 0 saturated heterocycles. The molecule has 8 heteroatoms. The lowest BCUT2D eigenvalue weighted by Gasteiger charge is -2.11. The van der Waals surface area contributed by atoms with Gasteiger partial charge in [0.05, 0.1) is 23.4 Å². The number of methoxy groups -OCH3 is 1. The zero-order valence-corrected chi connectivity index (χ0v) is 11.3. The molecule has 0 fully saturated rings. The number of hydrogen-bond donors (Lipinski definition) is 2. The molecule has 6 nitrogen and oxygen atoms in total. The number of carboxylic acids is 1. The van der Waals surface area contributed by atoms with Crippen LogP contribution in [-0.2, 0) is 7.05 Å². The summed E-state index contributed by atoms with van der Waals surface area (Å²) in [4.78, 5) is 10.9. The molecule has 2 rings (SSSR count). The van der Waals surface area contributed by atoms with Gasteiger partial charge in [-0.1, -0.05) is 11.6 Å². The van der Waals surface area contributed by atoms with Crippen molar-refractivity contribution in [1.29, 1.82) is 0 Å². The van der Waals surface area contributed by atoms with Gasteiger partial charge < -0.3 is 14.9 Å². The molecule has 2 aromatic rings. The topological polar surface area (TPSA) is 84.6 Å². The summed E-state index contributed by atoms with van der Waals surface area (Å²) in [6.45, 7) is 0. The molecule has 0 amide bonds. The molecule has 0 bridgehead atoms. The summed E-state index contributed by atoms with van der Waals surface area (Å²) < 4.78 is 20.1. The summed E-state index contributed by atoms with van der Waals surface area (Å²) in [5.74, 6) is -2.65. The predicted molar refractivity (Wildman–Crippen MR) is 68.8 cm³/mol. The number of ether oxygens (including phenoxy) is 1. The monoisotopic (exact) mass is 300 g/mol. The Morgan fingerprint density at radius 1 is 1.50 bits per heavy atom. The molecule has 0 atom stereocenters. The van der Waals surface area contributed by atoms with E-state index in [0.717, 1.165) is 16.8 Å². The fraction of sp³-hybridized carbons (Fsp3) is 0.167. The number of carboxylic acid groups (broad SMARTS) is 1. The van der Waals surface area contributed by atoms with Crippen LogP contribution >= 0.6 is 11.6 Å². The van der Waals surface area contributed by atoms with E-state index in [1.165, 1.54) is 14.2 Å². The number of aromatic nitrogens is 2. The molecule has 0 aliphatic heterocycles. The number of aromatic carboxylic acids is 1. The van der Waals surface area contributed by atoms with Crippen LogP contribution < -0.4 is 4.74 Å². The van der Waals surface area contributed by atoms with E-state index in [-0.39, 0.29) is 27.7 Å². The van der Waals surface area contributed by atoms with Crippen molar-refractivity contribution in [3.8, 4) is 22.8 Å². The van der Waals surface area contributed by atoms with Crippen LogP contribution in [0.15, 0.2) is 12.1 Å². The fourth-order valence-electron chi connectivity index (χ4n) is 1.79. The number of phenolic OH excluding ortho intramolecular Hbond substituents is 1. The Labute approximate surface area is 118 Å². The number of aryl methyl sites for hydroxylation is 1. The Morgan fingerprint density at radius 2 is 2.15 bits per heavy atom. The summed E-state index contributed by atoms with van der Waals surface area (Å²) in [6.07, 6.45) is 0. The number of hydrogen-bond acceptors (Lipinski definition) is 4. The molecule has 0 unspecified atom stereocenters. The van der Waals surface area contributed by atoms with E-state index in [2.05, 4.69) is 5.10 Å². The highest BCUT2D eigenvalue weighted by Gasteiger charge is 2.23. The minimum atomic E-state index is -1.26. The summed E-state index contributed by atoms with van der Waals surface area (Å²) in [7, 11) is 2.72. The fourth-order valence-corrected chi connectivity index (χ4v) is 1.98. The quantitative estimate of drug-likeness (QED) is 0.908. The smallest absolute Gasteiger partial charge is 0.356 e. The van der Waals surface area contributed by atoms with Gasteiger partial charge in [-0.15, -0.1) is 0 Å². The SMILES string of the molecule is COc1cc(Cl)c(F)c(-c2cc(C(=O)O)nn2C)c1O. The second-order valence-corrected chi connectivity index (χ2v) is 4.35. The van der Waals surface area contributed by atoms with Crippen LogP contribution in [0.5, 0.6) is 11.5 Å². The van der Waals surface area contributed by atoms with E-state index in [0.29, 0.717) is 0 Å². The van der Waals surface area contributed by atoms with Crippen LogP contribution in [-0.4, -0.2) is 33.1 Å². The van der Waals surface area contributed by atoms with E-state index >= 15 is 0 Å². The van der Waals surface area contributed by atoms with E-state index in [1.807, 2.05) is 0 Å². The summed E-state index contributed by atoms with van der Waals surface area (Å²) in [6, 6.07) is 2.26. The maximum Gasteiger partial charge on any atom is 0.356 e. The third-order valence-electron chi connectivity index (χ3n) is 2.73. The highest BCUT2D eigenvalue weighted by atomic mass is 35.5. The normalized spacial score (nSPS) is 10.6. The number of phenols is 1. The lowest BCUT2D eigenvalue weighted by molar-refractivity contribution is 0.0689. The molecular weight excluding hydrogens is 291 g/mol. The van der Waals surface area contributed by atoms with Crippen LogP contribution in [0.2, 0.25) is 5.02 Å². The second kappa shape index (κ2) is 5.01. The van der Waals surface area contributed by atoms with Gasteiger partial charge in [0.15, 0.2) is 23.0 Å². The first-order valence-corrected chi connectivity index (χ1v) is 5.77. The van der Waals surface area contributed by atoms with E-state index in [9.17, 15) is 14.3 Å². The van der Waals surface area contributed by atoms with Gasteiger partial charge in [0.1, 0.15) is 0 Å². The Bertz CT molecular complexity index is 699. The van der Waals surface area contributed by atoms with Gasteiger partial charge >= 0.3 is 5.97 Å². The minimum Gasteiger partial charge on any atom is -0.504 e. The second-order valence-electron chi connectivity index (χ2n) is 3.94. The van der Waals surface area contributed by atoms with Crippen molar-refractivity contribution in [2.24, 2.45) is 7.05 Å². The van der Waals surface area contributed by atoms with Gasteiger partial charge in [-0.2, -0.15) is 5.10 Å². The van der Waals surface area contributed by atoms with Crippen LogP contribution in [0, 0.1) is 5.82 Å². The molecule has 0 aliphatic carbocycles. The highest BCUT2D eigenvalue weighted by Crippen LogP contribution is 2.42. The molecule has 106 valence electrons. The van der Waals surface area contributed by atoms with Crippen molar-refractivity contribution in [2.75, 3.05) is 7.11 Å². The molecule has 1 aromatic carbocycles. The van der Waals surface area contributed by atoms with Gasteiger partial charge in [0, 0.05) is 13.1 Å². The highest BCUT2D eigenvalue weighted by molar-refractivity contribution is 6.31. The van der Waals surface area contributed by atoms with E-state index < -0.39 is 17.5 Å². The first-order valence-electron chi connectivity index (χ1n) is 5.39. The molecular formula is C12H10ClFN2O4. The number of benzene rings is 1. The number of carbonyl (C=O) groups is 1. The maximum atomic E-state index is 14.1. The zero-order valence-electron chi connectivity index (χ0n) is 10.5. The number of nitrogens with zero attached hydrogens (tertiary/aromatic N) is 2. The van der Waals surface area contributed by atoms with Crippen molar-refractivity contribution in [2.45, 2.75) is 0 Å². The minimum absolute atomic E-state index is 0.0236. The lowest BCUT2D eigenvalue weighted by Crippen LogP contribution is -2.00. The molecule has 20 heavy (non-hydrogen) atoms. The summed E-state index contributed by atoms with van der Waals surface area (Å²) >= 11 is 5.73. The van der Waals surface area contributed by atoms with Crippen LogP contribution in [0.3, 0.4) is 0 Å². The number of aromatic hydroxyl groups is 1. The van der Waals surface area contributed by atoms with Crippen molar-refractivity contribution in [3.63, 3.8) is 0 Å². The van der Waals surface area contributed by atoms with E-state index in [1.54, 1.807) is 0 Å². The van der Waals surface area contributed by atoms with Gasteiger partial charge in [0.25, 0.3) is 0 Å². The Morgan fingerprint density at radius 3 is 2.65 bits per heavy atom. The van der Waals surface area contributed by atoms with E-state index in [4.69, 9.17) is 21.4 Å². The van der Waals surface area contributed by atoms with Crippen molar-refractivity contribution in [3.05, 3.63) is 28.7 Å². The molecule has 0 spiro atoms. The summed E-state index contributed by atoms with van der Waals surface area (Å²) in [5, 5.41) is 22.3. The molecule has 1 aromatic heterocycles. The average Bonchev–Trinajstić information content (AvgIpc) is 2.77. The average molecular weight is 301 g/mol. The predicted octanol–water partition coefficient (Wildman–Crippen LogP) is 2.29.